The van der Waals surface area contributed by atoms with E-state index in [-0.39, 0.29) is 0 Å². The molecule has 1 unspecified atom stereocenters. The number of carbonyl (C=O) groups excluding carboxylic acids is 1. The summed E-state index contributed by atoms with van der Waals surface area (Å²) >= 11 is 0. The summed E-state index contributed by atoms with van der Waals surface area (Å²) in [7, 11) is 0. The fraction of sp³-hybridized carbons (Fsp3) is 0.120. The number of hydrogen-bond donors (Lipinski definition) is 2. The molecular weight excluding hydrogens is 415 g/mol. The highest BCUT2D eigenvalue weighted by atomic mass is 19.4. The van der Waals surface area contributed by atoms with Gasteiger partial charge in [-0.2, -0.15) is 13.2 Å². The Morgan fingerprint density at radius 1 is 0.906 bits per heavy atom. The fourth-order valence-corrected chi connectivity index (χ4v) is 3.49. The van der Waals surface area contributed by atoms with Gasteiger partial charge in [0.1, 0.15) is 6.04 Å². The van der Waals surface area contributed by atoms with Crippen LogP contribution in [0, 0.1) is 6.92 Å². The number of nitrogens with one attached hydrogen (secondary N) is 2. The number of aryl methyl sites for hydroxylation is 1. The van der Waals surface area contributed by atoms with E-state index < -0.39 is 23.7 Å². The number of amides is 1. The Kier molecular flexibility index (Phi) is 5.81. The SMILES string of the molecule is Cc1ccccc1NC(C(=O)Nc1cccc2cnccc12)c1ccc(C(F)(F)F)cc1. The quantitative estimate of drug-likeness (QED) is 0.384. The van der Waals surface area contributed by atoms with Gasteiger partial charge in [-0.3, -0.25) is 9.78 Å². The number of fused-ring (bicyclic) bond motifs is 1. The van der Waals surface area contributed by atoms with E-state index in [1.807, 2.05) is 43.3 Å². The average molecular weight is 435 g/mol. The number of para-hydroxylation sites is 1. The van der Waals surface area contributed by atoms with E-state index in [0.29, 0.717) is 11.3 Å². The molecule has 3 aromatic carbocycles. The Balaban J connectivity index is 1.69. The summed E-state index contributed by atoms with van der Waals surface area (Å²) < 4.78 is 39.0. The number of alkyl halides is 3. The van der Waals surface area contributed by atoms with Crippen LogP contribution in [-0.4, -0.2) is 10.9 Å². The third-order valence-corrected chi connectivity index (χ3v) is 5.22. The summed E-state index contributed by atoms with van der Waals surface area (Å²) in [5, 5.41) is 7.78. The Morgan fingerprint density at radius 2 is 1.62 bits per heavy atom. The van der Waals surface area contributed by atoms with E-state index >= 15 is 0 Å². The summed E-state index contributed by atoms with van der Waals surface area (Å²) in [6.45, 7) is 1.89. The number of anilines is 2. The molecule has 2 N–H and O–H groups in total. The molecule has 1 atom stereocenters. The standard InChI is InChI=1S/C25H20F3N3O/c1-16-5-2-3-7-21(16)30-23(17-9-11-19(12-10-17)25(26,27)28)24(32)31-22-8-4-6-18-15-29-14-13-20(18)22/h2-15,23,30H,1H3,(H,31,32). The van der Waals surface area contributed by atoms with Crippen LogP contribution in [0.1, 0.15) is 22.7 Å². The molecule has 0 fully saturated rings. The first-order valence-corrected chi connectivity index (χ1v) is 9.96. The Morgan fingerprint density at radius 3 is 2.34 bits per heavy atom. The first kappa shape index (κ1) is 21.4. The second-order valence-corrected chi connectivity index (χ2v) is 7.40. The van der Waals surface area contributed by atoms with Crippen LogP contribution in [0.4, 0.5) is 24.5 Å². The van der Waals surface area contributed by atoms with Crippen LogP contribution in [-0.2, 0) is 11.0 Å². The van der Waals surface area contributed by atoms with Gasteiger partial charge in [-0.25, -0.2) is 0 Å². The predicted octanol–water partition coefficient (Wildman–Crippen LogP) is 6.35. The molecule has 0 saturated heterocycles. The molecule has 1 heterocycles. The molecule has 0 radical (unpaired) electrons. The highest BCUT2D eigenvalue weighted by Crippen LogP contribution is 2.31. The molecule has 32 heavy (non-hydrogen) atoms. The lowest BCUT2D eigenvalue weighted by atomic mass is 10.0. The number of rotatable bonds is 5. The first-order valence-electron chi connectivity index (χ1n) is 9.96. The zero-order valence-corrected chi connectivity index (χ0v) is 17.1. The molecule has 0 aliphatic carbocycles. The number of benzene rings is 3. The zero-order chi connectivity index (χ0) is 22.7. The van der Waals surface area contributed by atoms with Gasteiger partial charge in [0, 0.05) is 34.5 Å². The molecule has 0 saturated carbocycles. The van der Waals surface area contributed by atoms with Crippen molar-refractivity contribution in [3.8, 4) is 0 Å². The Labute approximate surface area is 183 Å². The maximum absolute atomic E-state index is 13.3. The van der Waals surface area contributed by atoms with Crippen molar-refractivity contribution in [2.45, 2.75) is 19.1 Å². The molecule has 4 aromatic rings. The van der Waals surface area contributed by atoms with Crippen LogP contribution in [0.3, 0.4) is 0 Å². The summed E-state index contributed by atoms with van der Waals surface area (Å²) in [4.78, 5) is 17.4. The second kappa shape index (κ2) is 8.70. The van der Waals surface area contributed by atoms with Crippen molar-refractivity contribution in [1.29, 1.82) is 0 Å². The van der Waals surface area contributed by atoms with Gasteiger partial charge >= 0.3 is 6.18 Å². The molecule has 1 aromatic heterocycles. The van der Waals surface area contributed by atoms with Crippen molar-refractivity contribution >= 4 is 28.1 Å². The third kappa shape index (κ3) is 4.56. The van der Waals surface area contributed by atoms with Crippen molar-refractivity contribution in [1.82, 2.24) is 4.98 Å². The highest BCUT2D eigenvalue weighted by Gasteiger charge is 2.31. The van der Waals surface area contributed by atoms with Gasteiger partial charge in [-0.15, -0.1) is 0 Å². The van der Waals surface area contributed by atoms with E-state index in [4.69, 9.17) is 0 Å². The van der Waals surface area contributed by atoms with Gasteiger partial charge in [-0.05, 0) is 48.4 Å². The second-order valence-electron chi connectivity index (χ2n) is 7.40. The molecule has 4 rings (SSSR count). The largest absolute Gasteiger partial charge is 0.416 e. The molecule has 162 valence electrons. The van der Waals surface area contributed by atoms with Crippen molar-refractivity contribution in [2.24, 2.45) is 0 Å². The van der Waals surface area contributed by atoms with E-state index in [1.54, 1.807) is 24.5 Å². The van der Waals surface area contributed by atoms with Gasteiger partial charge in [0.2, 0.25) is 0 Å². The lowest BCUT2D eigenvalue weighted by Gasteiger charge is -2.22. The smallest absolute Gasteiger partial charge is 0.370 e. The maximum Gasteiger partial charge on any atom is 0.416 e. The number of carbonyl (C=O) groups is 1. The van der Waals surface area contributed by atoms with E-state index in [9.17, 15) is 18.0 Å². The number of halogens is 3. The molecule has 0 aliphatic heterocycles. The summed E-state index contributed by atoms with van der Waals surface area (Å²) in [5.74, 6) is -0.391. The molecule has 0 aliphatic rings. The number of nitrogens with zero attached hydrogens (tertiary/aromatic N) is 1. The van der Waals surface area contributed by atoms with Crippen LogP contribution in [0.25, 0.3) is 10.8 Å². The minimum atomic E-state index is -4.45. The topological polar surface area (TPSA) is 54.0 Å². The van der Waals surface area contributed by atoms with Crippen LogP contribution < -0.4 is 10.6 Å². The molecule has 4 nitrogen and oxygen atoms in total. The molecule has 1 amide bonds. The minimum Gasteiger partial charge on any atom is -0.370 e. The van der Waals surface area contributed by atoms with Crippen molar-refractivity contribution in [3.05, 3.63) is 102 Å². The van der Waals surface area contributed by atoms with Gasteiger partial charge in [0.25, 0.3) is 5.91 Å². The van der Waals surface area contributed by atoms with Crippen molar-refractivity contribution in [2.75, 3.05) is 10.6 Å². The lowest BCUT2D eigenvalue weighted by molar-refractivity contribution is -0.137. The molecular formula is C25H20F3N3O. The number of hydrogen-bond acceptors (Lipinski definition) is 3. The minimum absolute atomic E-state index is 0.391. The monoisotopic (exact) mass is 435 g/mol. The Bertz CT molecular complexity index is 1250. The Hall–Kier alpha value is -3.87. The summed E-state index contributed by atoms with van der Waals surface area (Å²) in [6, 6.07) is 18.4. The molecule has 7 heteroatoms. The number of aromatic nitrogens is 1. The highest BCUT2D eigenvalue weighted by molar-refractivity contribution is 6.04. The molecule has 0 bridgehead atoms. The van der Waals surface area contributed by atoms with Gasteiger partial charge in [0.15, 0.2) is 0 Å². The third-order valence-electron chi connectivity index (χ3n) is 5.22. The zero-order valence-electron chi connectivity index (χ0n) is 17.1. The van der Waals surface area contributed by atoms with Crippen LogP contribution >= 0.6 is 0 Å². The van der Waals surface area contributed by atoms with Gasteiger partial charge < -0.3 is 10.6 Å². The van der Waals surface area contributed by atoms with Gasteiger partial charge in [-0.1, -0.05) is 42.5 Å². The molecule has 0 spiro atoms. The summed E-state index contributed by atoms with van der Waals surface area (Å²) in [5.41, 5.74) is 1.88. The van der Waals surface area contributed by atoms with Crippen LogP contribution in [0.15, 0.2) is 85.2 Å². The van der Waals surface area contributed by atoms with Crippen LogP contribution in [0.5, 0.6) is 0 Å². The van der Waals surface area contributed by atoms with Crippen LogP contribution in [0.2, 0.25) is 0 Å². The van der Waals surface area contributed by atoms with Crippen molar-refractivity contribution in [3.63, 3.8) is 0 Å². The number of pyridine rings is 1. The predicted molar refractivity (Wildman–Crippen MR) is 119 cm³/mol. The van der Waals surface area contributed by atoms with E-state index in [0.717, 1.165) is 34.2 Å². The van der Waals surface area contributed by atoms with E-state index in [1.165, 1.54) is 12.1 Å². The summed E-state index contributed by atoms with van der Waals surface area (Å²) in [6.07, 6.45) is -1.11. The maximum atomic E-state index is 13.3. The van der Waals surface area contributed by atoms with Crippen molar-refractivity contribution < 1.29 is 18.0 Å². The van der Waals surface area contributed by atoms with E-state index in [2.05, 4.69) is 15.6 Å². The average Bonchev–Trinajstić information content (AvgIpc) is 2.78. The van der Waals surface area contributed by atoms with Gasteiger partial charge in [0.05, 0.1) is 5.56 Å². The fourth-order valence-electron chi connectivity index (χ4n) is 3.49. The lowest BCUT2D eigenvalue weighted by Crippen LogP contribution is -2.27. The first-order chi connectivity index (χ1) is 15.3. The normalized spacial score (nSPS) is 12.4.